The lowest BCUT2D eigenvalue weighted by molar-refractivity contribution is -0.874. The van der Waals surface area contributed by atoms with Gasteiger partial charge in [0, 0.05) is 11.6 Å². The maximum absolute atomic E-state index is 11.3. The minimum Gasteiger partial charge on any atom is -0.433 e. The van der Waals surface area contributed by atoms with E-state index in [1.165, 1.54) is 19.3 Å². The predicted octanol–water partition coefficient (Wildman–Crippen LogP) is 0.135. The number of quaternary nitrogens is 1. The molecule has 0 aliphatic carbocycles. The standard InChI is InChI=1S/C9H8N5O3/c1-6(15)8-11-4-7(17-8)5-14(9(10)16)12-2-3-13-14/h2,4H,5H2,1H3,(H-,10,16)/p+1. The van der Waals surface area contributed by atoms with E-state index < -0.39 is 10.7 Å². The number of nitrogens with two attached hydrogens (primary N) is 1. The minimum absolute atomic E-state index is 0.0289. The summed E-state index contributed by atoms with van der Waals surface area (Å²) < 4.78 is 4.42. The minimum atomic E-state index is -0.771. The average Bonchev–Trinajstić information content (AvgIpc) is 2.88. The molecule has 2 rings (SSSR count). The van der Waals surface area contributed by atoms with Crippen molar-refractivity contribution < 1.29 is 18.7 Å². The molecular formula is C9H9N5O3+. The fourth-order valence-electron chi connectivity index (χ4n) is 1.29. The molecule has 8 heteroatoms. The van der Waals surface area contributed by atoms with Crippen LogP contribution in [0.15, 0.2) is 20.8 Å². The van der Waals surface area contributed by atoms with Gasteiger partial charge in [-0.1, -0.05) is 0 Å². The number of Topliss-reactive ketones (excluding diaryl/α,β-unsaturated/α-hetero) is 1. The van der Waals surface area contributed by atoms with Crippen molar-refractivity contribution in [2.75, 3.05) is 0 Å². The molecule has 1 aliphatic heterocycles. The van der Waals surface area contributed by atoms with Crippen LogP contribution in [0.4, 0.5) is 4.79 Å². The number of rotatable bonds is 3. The van der Waals surface area contributed by atoms with Crippen molar-refractivity contribution in [3.63, 3.8) is 0 Å². The Hall–Kier alpha value is -2.35. The Labute approximate surface area is 96.0 Å². The first-order valence-electron chi connectivity index (χ1n) is 4.69. The molecule has 0 fully saturated rings. The number of ketones is 1. The third-order valence-corrected chi connectivity index (χ3v) is 2.11. The topological polar surface area (TPSA) is 111 Å². The molecule has 87 valence electrons. The van der Waals surface area contributed by atoms with Gasteiger partial charge in [-0.3, -0.25) is 4.79 Å². The zero-order chi connectivity index (χ0) is 12.5. The van der Waals surface area contributed by atoms with Gasteiger partial charge in [-0.2, -0.15) is 0 Å². The Bertz CT molecular complexity index is 518. The summed E-state index contributed by atoms with van der Waals surface area (Å²) in [4.78, 5) is 26.0. The van der Waals surface area contributed by atoms with E-state index >= 15 is 0 Å². The second-order valence-corrected chi connectivity index (χ2v) is 3.39. The van der Waals surface area contributed by atoms with Gasteiger partial charge in [-0.05, 0) is 10.2 Å². The number of carbonyl (C=O) groups is 2. The first kappa shape index (κ1) is 11.1. The molecule has 2 heterocycles. The first-order chi connectivity index (χ1) is 8.03. The maximum Gasteiger partial charge on any atom is 0.468 e. The molecule has 1 atom stereocenters. The molecule has 0 spiro atoms. The van der Waals surface area contributed by atoms with E-state index in [0.717, 1.165) is 0 Å². The van der Waals surface area contributed by atoms with Crippen LogP contribution in [0, 0.1) is 0 Å². The molecule has 17 heavy (non-hydrogen) atoms. The van der Waals surface area contributed by atoms with Crippen LogP contribution in [-0.2, 0) is 6.54 Å². The molecule has 1 aromatic rings. The van der Waals surface area contributed by atoms with E-state index in [1.807, 2.05) is 0 Å². The van der Waals surface area contributed by atoms with Gasteiger partial charge in [0.15, 0.2) is 18.5 Å². The fraction of sp³-hybridized carbons (Fsp3) is 0.222. The third-order valence-electron chi connectivity index (χ3n) is 2.11. The average molecular weight is 235 g/mol. The van der Waals surface area contributed by atoms with Gasteiger partial charge in [0.25, 0.3) is 5.89 Å². The largest absolute Gasteiger partial charge is 0.468 e. The van der Waals surface area contributed by atoms with Crippen molar-refractivity contribution in [1.82, 2.24) is 4.98 Å². The highest BCUT2D eigenvalue weighted by molar-refractivity contribution is 6.16. The zero-order valence-electron chi connectivity index (χ0n) is 8.95. The normalized spacial score (nSPS) is 16.3. The highest BCUT2D eigenvalue weighted by Crippen LogP contribution is 2.19. The van der Waals surface area contributed by atoms with Crippen molar-refractivity contribution in [3.05, 3.63) is 17.8 Å². The second kappa shape index (κ2) is 3.91. The molecule has 0 saturated carbocycles. The van der Waals surface area contributed by atoms with Crippen LogP contribution in [-0.4, -0.2) is 33.9 Å². The number of urea groups is 1. The van der Waals surface area contributed by atoms with Gasteiger partial charge in [-0.25, -0.2) is 9.78 Å². The third kappa shape index (κ3) is 1.97. The predicted molar refractivity (Wildman–Crippen MR) is 56.0 cm³/mol. The number of oxazole rings is 1. The van der Waals surface area contributed by atoms with Gasteiger partial charge >= 0.3 is 6.03 Å². The summed E-state index contributed by atoms with van der Waals surface area (Å²) >= 11 is 0. The summed E-state index contributed by atoms with van der Waals surface area (Å²) in [6, 6.07) is -0.771. The van der Waals surface area contributed by atoms with Gasteiger partial charge in [0.2, 0.25) is 5.78 Å². The number of primary amides is 1. The van der Waals surface area contributed by atoms with E-state index in [2.05, 4.69) is 21.4 Å². The van der Waals surface area contributed by atoms with Crippen LogP contribution < -0.4 is 5.73 Å². The van der Waals surface area contributed by atoms with E-state index in [9.17, 15) is 9.59 Å². The number of carbonyl (C=O) groups excluding carboxylic acids is 2. The molecule has 0 bridgehead atoms. The Kier molecular flexibility index (Phi) is 2.56. The lowest BCUT2D eigenvalue weighted by Gasteiger charge is -2.15. The lowest BCUT2D eigenvalue weighted by Crippen LogP contribution is -2.45. The van der Waals surface area contributed by atoms with Crippen molar-refractivity contribution >= 4 is 24.2 Å². The fourth-order valence-corrected chi connectivity index (χ4v) is 1.29. The van der Waals surface area contributed by atoms with Crippen LogP contribution in [0.3, 0.4) is 0 Å². The molecule has 0 aromatic carbocycles. The van der Waals surface area contributed by atoms with Gasteiger partial charge < -0.3 is 10.2 Å². The number of nitrogens with zero attached hydrogens (tertiary/aromatic N) is 4. The first-order valence-corrected chi connectivity index (χ1v) is 4.69. The van der Waals surface area contributed by atoms with Crippen LogP contribution in [0.1, 0.15) is 23.4 Å². The van der Waals surface area contributed by atoms with Crippen molar-refractivity contribution in [2.45, 2.75) is 13.5 Å². The van der Waals surface area contributed by atoms with Crippen molar-refractivity contribution in [2.24, 2.45) is 15.9 Å². The summed E-state index contributed by atoms with van der Waals surface area (Å²) in [6.45, 7) is 1.28. The summed E-state index contributed by atoms with van der Waals surface area (Å²) in [5.41, 5.74) is 5.20. The summed E-state index contributed by atoms with van der Waals surface area (Å²) in [7, 11) is 0. The number of hydrogen-bond donors (Lipinski definition) is 1. The van der Waals surface area contributed by atoms with E-state index in [0.29, 0.717) is 5.76 Å². The Morgan fingerprint density at radius 2 is 2.35 bits per heavy atom. The van der Waals surface area contributed by atoms with Crippen LogP contribution in [0.25, 0.3) is 0 Å². The van der Waals surface area contributed by atoms with Gasteiger partial charge in [0.1, 0.15) is 6.21 Å². The lowest BCUT2D eigenvalue weighted by atomic mass is 10.5. The van der Waals surface area contributed by atoms with Gasteiger partial charge in [0.05, 0.1) is 6.20 Å². The molecule has 1 unspecified atom stereocenters. The molecule has 0 saturated heterocycles. The second-order valence-electron chi connectivity index (χ2n) is 3.39. The van der Waals surface area contributed by atoms with Crippen LogP contribution in [0.5, 0.6) is 0 Å². The summed E-state index contributed by atoms with van der Waals surface area (Å²) in [5.74, 6) is -0.0424. The van der Waals surface area contributed by atoms with Gasteiger partial charge in [-0.15, -0.1) is 0 Å². The van der Waals surface area contributed by atoms with E-state index in [1.54, 1.807) is 0 Å². The van der Waals surface area contributed by atoms with E-state index in [4.69, 9.17) is 10.2 Å². The quantitative estimate of drug-likeness (QED) is 0.593. The molecule has 1 aromatic heterocycles. The summed E-state index contributed by atoms with van der Waals surface area (Å²) in [6.07, 6.45) is 5.00. The highest BCUT2D eigenvalue weighted by Gasteiger charge is 2.40. The molecule has 2 N–H and O–H groups in total. The monoisotopic (exact) mass is 235 g/mol. The molecule has 8 nitrogen and oxygen atoms in total. The van der Waals surface area contributed by atoms with Crippen molar-refractivity contribution in [3.8, 4) is 0 Å². The van der Waals surface area contributed by atoms with Crippen LogP contribution in [0.2, 0.25) is 0 Å². The zero-order valence-corrected chi connectivity index (χ0v) is 8.95. The number of aromatic nitrogens is 1. The van der Waals surface area contributed by atoms with E-state index in [-0.39, 0.29) is 18.2 Å². The van der Waals surface area contributed by atoms with Crippen LogP contribution >= 0.6 is 0 Å². The van der Waals surface area contributed by atoms with Crippen molar-refractivity contribution in [1.29, 1.82) is 0 Å². The number of hydrogen-bond acceptors (Lipinski definition) is 6. The maximum atomic E-state index is 11.3. The molecular weight excluding hydrogens is 226 g/mol. The SMILES string of the molecule is CC(=O)c1ncc(C[N+]2(C(N)=O)N=[C]C=N2)o1. The molecule has 2 amide bonds. The molecule has 1 radical (unpaired) electrons. The summed E-state index contributed by atoms with van der Waals surface area (Å²) in [5, 5.41) is 7.54. The number of amides is 2. The Morgan fingerprint density at radius 3 is 2.82 bits per heavy atom. The Morgan fingerprint density at radius 1 is 1.59 bits per heavy atom. The Balaban J connectivity index is 2.24. The highest BCUT2D eigenvalue weighted by atomic mass is 16.4. The smallest absolute Gasteiger partial charge is 0.433 e. The molecule has 1 aliphatic rings.